The van der Waals surface area contributed by atoms with Gasteiger partial charge in [-0.1, -0.05) is 12.2 Å². The van der Waals surface area contributed by atoms with Crippen LogP contribution in [0.1, 0.15) is 17.0 Å². The van der Waals surface area contributed by atoms with Crippen molar-refractivity contribution in [3.63, 3.8) is 0 Å². The fraction of sp³-hybridized carbons (Fsp3) is 0.375. The quantitative estimate of drug-likeness (QED) is 0.774. The summed E-state index contributed by atoms with van der Waals surface area (Å²) in [5.41, 5.74) is -0.673. The highest BCUT2D eigenvalue weighted by Crippen LogP contribution is 2.31. The molecule has 0 radical (unpaired) electrons. The first-order valence-corrected chi connectivity index (χ1v) is 3.86. The number of aryl methyl sites for hydroxylation is 1. The number of aliphatic hydroxyl groups is 1. The zero-order valence-corrected chi connectivity index (χ0v) is 7.39. The van der Waals surface area contributed by atoms with Crippen LogP contribution >= 0.6 is 0 Å². The average molecular weight is 206 g/mol. The maximum absolute atomic E-state index is 12.3. The molecule has 1 aromatic heterocycles. The molecule has 1 aromatic rings. The molecule has 0 spiro atoms. The van der Waals surface area contributed by atoms with Crippen molar-refractivity contribution in [2.24, 2.45) is 0 Å². The molecule has 0 unspecified atom stereocenters. The van der Waals surface area contributed by atoms with Gasteiger partial charge in [0.25, 0.3) is 0 Å². The Balaban J connectivity index is 3.13. The second-order valence-electron chi connectivity index (χ2n) is 2.69. The predicted molar refractivity (Wildman–Crippen MR) is 44.4 cm³/mol. The van der Waals surface area contributed by atoms with Gasteiger partial charge in [0.1, 0.15) is 0 Å². The van der Waals surface area contributed by atoms with E-state index in [1.807, 2.05) is 0 Å². The van der Waals surface area contributed by atoms with Crippen LogP contribution in [0.3, 0.4) is 0 Å². The van der Waals surface area contributed by atoms with Crippen molar-refractivity contribution in [1.82, 2.24) is 10.2 Å². The van der Waals surface area contributed by atoms with E-state index in [1.165, 1.54) is 19.1 Å². The zero-order chi connectivity index (χ0) is 10.8. The van der Waals surface area contributed by atoms with Crippen LogP contribution in [0, 0.1) is 6.92 Å². The molecule has 0 aliphatic carbocycles. The van der Waals surface area contributed by atoms with E-state index < -0.39 is 11.9 Å². The van der Waals surface area contributed by atoms with Crippen LogP contribution in [0.15, 0.2) is 6.08 Å². The van der Waals surface area contributed by atoms with Gasteiger partial charge in [0.2, 0.25) is 0 Å². The summed E-state index contributed by atoms with van der Waals surface area (Å²) in [6.45, 7) is 1.18. The maximum atomic E-state index is 12.3. The van der Waals surface area contributed by atoms with Gasteiger partial charge in [-0.15, -0.1) is 0 Å². The van der Waals surface area contributed by atoms with E-state index in [0.717, 1.165) is 0 Å². The lowest BCUT2D eigenvalue weighted by molar-refractivity contribution is -0.141. The molecule has 6 heteroatoms. The van der Waals surface area contributed by atoms with Gasteiger partial charge in [0, 0.05) is 11.3 Å². The number of H-pyrrole nitrogens is 1. The lowest BCUT2D eigenvalue weighted by atomic mass is 10.1. The largest absolute Gasteiger partial charge is 0.435 e. The molecule has 2 N–H and O–H groups in total. The third-order valence-corrected chi connectivity index (χ3v) is 1.65. The summed E-state index contributed by atoms with van der Waals surface area (Å²) in [6, 6.07) is 0. The molecule has 0 bridgehead atoms. The number of nitrogens with zero attached hydrogens (tertiary/aromatic N) is 1. The third-order valence-electron chi connectivity index (χ3n) is 1.65. The van der Waals surface area contributed by atoms with Crippen molar-refractivity contribution >= 4 is 6.08 Å². The van der Waals surface area contributed by atoms with Gasteiger partial charge in [0.15, 0.2) is 5.69 Å². The lowest BCUT2D eigenvalue weighted by Crippen LogP contribution is -2.07. The molecule has 0 saturated carbocycles. The molecule has 3 nitrogen and oxygen atoms in total. The van der Waals surface area contributed by atoms with Gasteiger partial charge >= 0.3 is 6.18 Å². The van der Waals surface area contributed by atoms with E-state index in [0.29, 0.717) is 5.69 Å². The van der Waals surface area contributed by atoms with Crippen molar-refractivity contribution in [2.75, 3.05) is 6.61 Å². The van der Waals surface area contributed by atoms with Crippen LogP contribution in [0.2, 0.25) is 0 Å². The number of aliphatic hydroxyl groups excluding tert-OH is 1. The third kappa shape index (κ3) is 2.14. The van der Waals surface area contributed by atoms with Crippen LogP contribution < -0.4 is 0 Å². The van der Waals surface area contributed by atoms with Crippen molar-refractivity contribution in [3.8, 4) is 0 Å². The SMILES string of the molecule is Cc1[nH]nc(C(F)(F)F)c1C=CCO. The first kappa shape index (κ1) is 10.8. The van der Waals surface area contributed by atoms with Crippen molar-refractivity contribution < 1.29 is 18.3 Å². The van der Waals surface area contributed by atoms with E-state index >= 15 is 0 Å². The minimum absolute atomic E-state index is 0.0356. The number of alkyl halides is 3. The van der Waals surface area contributed by atoms with Gasteiger partial charge in [-0.25, -0.2) is 0 Å². The second kappa shape index (κ2) is 3.83. The Morgan fingerprint density at radius 2 is 2.14 bits per heavy atom. The number of nitrogens with one attached hydrogen (secondary N) is 1. The smallest absolute Gasteiger partial charge is 0.392 e. The summed E-state index contributed by atoms with van der Waals surface area (Å²) in [5.74, 6) is 0. The Morgan fingerprint density at radius 3 is 2.64 bits per heavy atom. The molecule has 14 heavy (non-hydrogen) atoms. The number of aromatic nitrogens is 2. The van der Waals surface area contributed by atoms with Gasteiger partial charge < -0.3 is 5.11 Å². The van der Waals surface area contributed by atoms with Crippen LogP contribution in [-0.2, 0) is 6.18 Å². The second-order valence-corrected chi connectivity index (χ2v) is 2.69. The molecule has 0 saturated heterocycles. The monoisotopic (exact) mass is 206 g/mol. The Labute approximate surface area is 78.3 Å². The summed E-state index contributed by atoms with van der Waals surface area (Å²) >= 11 is 0. The maximum Gasteiger partial charge on any atom is 0.435 e. The highest BCUT2D eigenvalue weighted by molar-refractivity contribution is 5.55. The first-order chi connectivity index (χ1) is 6.46. The van der Waals surface area contributed by atoms with E-state index in [4.69, 9.17) is 5.11 Å². The van der Waals surface area contributed by atoms with E-state index in [-0.39, 0.29) is 12.2 Å². The highest BCUT2D eigenvalue weighted by Gasteiger charge is 2.36. The molecule has 78 valence electrons. The van der Waals surface area contributed by atoms with Crippen LogP contribution in [-0.4, -0.2) is 21.9 Å². The number of hydrogen-bond donors (Lipinski definition) is 2. The van der Waals surface area contributed by atoms with Gasteiger partial charge in [0.05, 0.1) is 6.61 Å². The molecule has 0 amide bonds. The highest BCUT2D eigenvalue weighted by atomic mass is 19.4. The normalized spacial score (nSPS) is 12.6. The number of hydrogen-bond acceptors (Lipinski definition) is 2. The molecular weight excluding hydrogens is 197 g/mol. The Kier molecular flexibility index (Phi) is 2.95. The predicted octanol–water partition coefficient (Wildman–Crippen LogP) is 1.74. The van der Waals surface area contributed by atoms with Crippen LogP contribution in [0.25, 0.3) is 6.08 Å². The molecular formula is C8H9F3N2O. The lowest BCUT2D eigenvalue weighted by Gasteiger charge is -2.03. The van der Waals surface area contributed by atoms with Gasteiger partial charge in [-0.05, 0) is 6.92 Å². The fourth-order valence-electron chi connectivity index (χ4n) is 1.03. The van der Waals surface area contributed by atoms with Gasteiger partial charge in [-0.3, -0.25) is 5.10 Å². The topological polar surface area (TPSA) is 48.9 Å². The summed E-state index contributed by atoms with van der Waals surface area (Å²) < 4.78 is 36.9. The van der Waals surface area contributed by atoms with Crippen molar-refractivity contribution in [3.05, 3.63) is 23.0 Å². The molecule has 0 atom stereocenters. The standard InChI is InChI=1S/C8H9F3N2O/c1-5-6(3-2-4-14)7(13-12-5)8(9,10)11/h2-3,14H,4H2,1H3,(H,12,13). The summed E-state index contributed by atoms with van der Waals surface area (Å²) in [4.78, 5) is 0. The van der Waals surface area contributed by atoms with Crippen LogP contribution in [0.4, 0.5) is 13.2 Å². The fourth-order valence-corrected chi connectivity index (χ4v) is 1.03. The minimum Gasteiger partial charge on any atom is -0.392 e. The number of rotatable bonds is 2. The Hall–Kier alpha value is -1.30. The first-order valence-electron chi connectivity index (χ1n) is 3.86. The molecule has 1 heterocycles. The summed E-state index contributed by atoms with van der Waals surface area (Å²) in [7, 11) is 0. The minimum atomic E-state index is -4.47. The molecule has 1 rings (SSSR count). The average Bonchev–Trinajstić information content (AvgIpc) is 2.42. The van der Waals surface area contributed by atoms with Crippen molar-refractivity contribution in [2.45, 2.75) is 13.1 Å². The van der Waals surface area contributed by atoms with Gasteiger partial charge in [-0.2, -0.15) is 18.3 Å². The number of aromatic amines is 1. The van der Waals surface area contributed by atoms with E-state index in [2.05, 4.69) is 10.2 Å². The molecule has 0 aliphatic heterocycles. The van der Waals surface area contributed by atoms with Crippen molar-refractivity contribution in [1.29, 1.82) is 0 Å². The summed E-state index contributed by atoms with van der Waals surface area (Å²) in [5, 5.41) is 13.9. The van der Waals surface area contributed by atoms with Crippen LogP contribution in [0.5, 0.6) is 0 Å². The molecule has 0 fully saturated rings. The molecule has 0 aromatic carbocycles. The Bertz CT molecular complexity index is 341. The van der Waals surface area contributed by atoms with E-state index in [1.54, 1.807) is 0 Å². The summed E-state index contributed by atoms with van der Waals surface area (Å²) in [6.07, 6.45) is -2.05. The van der Waals surface area contributed by atoms with E-state index in [9.17, 15) is 13.2 Å². The molecule has 0 aliphatic rings. The zero-order valence-electron chi connectivity index (χ0n) is 7.39. The number of halogens is 3. The Morgan fingerprint density at radius 1 is 1.50 bits per heavy atom.